The second-order valence-corrected chi connectivity index (χ2v) is 13.1. The third-order valence-corrected chi connectivity index (χ3v) is 9.90. The van der Waals surface area contributed by atoms with E-state index in [0.29, 0.717) is 24.3 Å². The number of hydrogen-bond acceptors (Lipinski definition) is 7. The summed E-state index contributed by atoms with van der Waals surface area (Å²) in [6.07, 6.45) is 9.22. The summed E-state index contributed by atoms with van der Waals surface area (Å²) in [5, 5.41) is 17.5. The highest BCUT2D eigenvalue weighted by molar-refractivity contribution is 7.93. The average Bonchev–Trinajstić information content (AvgIpc) is 3.68. The Hall–Kier alpha value is -4.13. The summed E-state index contributed by atoms with van der Waals surface area (Å²) in [7, 11) is 0.922. The van der Waals surface area contributed by atoms with Gasteiger partial charge in [0.1, 0.15) is 11.6 Å². The SMILES string of the molecule is C=C/C(=C\C=C(/CC)c1n[nH]c2ccc(-n3cc([C@@H]4CCCN(Cc5c(F)cccc5OC)C4)nn3)cc12)S(=O)(=O)N(C)C. The molecule has 0 radical (unpaired) electrons. The molecule has 0 aliphatic carbocycles. The number of likely N-dealkylation sites (tertiary alicyclic amines) is 1. The van der Waals surface area contributed by atoms with Crippen LogP contribution in [0.1, 0.15) is 49.1 Å². The highest BCUT2D eigenvalue weighted by Crippen LogP contribution is 2.31. The van der Waals surface area contributed by atoms with E-state index in [1.807, 2.05) is 31.3 Å². The second-order valence-electron chi connectivity index (χ2n) is 11.0. The van der Waals surface area contributed by atoms with Crippen molar-refractivity contribution < 1.29 is 17.5 Å². The minimum Gasteiger partial charge on any atom is -0.496 e. The number of piperidine rings is 1. The van der Waals surface area contributed by atoms with Crippen molar-refractivity contribution in [2.45, 2.75) is 38.6 Å². The summed E-state index contributed by atoms with van der Waals surface area (Å²) in [6.45, 7) is 7.77. The molecule has 0 amide bonds. The monoisotopic (exact) mass is 619 g/mol. The van der Waals surface area contributed by atoms with Crippen molar-refractivity contribution >= 4 is 26.5 Å². The van der Waals surface area contributed by atoms with Crippen LogP contribution in [0.5, 0.6) is 5.75 Å². The van der Waals surface area contributed by atoms with Crippen LogP contribution in [0.2, 0.25) is 0 Å². The van der Waals surface area contributed by atoms with Crippen LogP contribution < -0.4 is 4.74 Å². The third kappa shape index (κ3) is 6.37. The number of nitrogens with zero attached hydrogens (tertiary/aromatic N) is 6. The number of fused-ring (bicyclic) bond motifs is 1. The summed E-state index contributed by atoms with van der Waals surface area (Å²) in [5.41, 5.74) is 4.74. The lowest BCUT2D eigenvalue weighted by Gasteiger charge is -2.32. The van der Waals surface area contributed by atoms with Gasteiger partial charge < -0.3 is 4.74 Å². The molecule has 12 heteroatoms. The molecule has 232 valence electrons. The van der Waals surface area contributed by atoms with Crippen LogP contribution in [0, 0.1) is 5.82 Å². The number of ether oxygens (including phenoxy) is 1. The minimum atomic E-state index is -3.62. The van der Waals surface area contributed by atoms with E-state index in [2.05, 4.69) is 32.0 Å². The van der Waals surface area contributed by atoms with Crippen LogP contribution in [0.3, 0.4) is 0 Å². The molecule has 0 saturated carbocycles. The molecular weight excluding hydrogens is 581 g/mol. The van der Waals surface area contributed by atoms with Crippen LogP contribution in [-0.4, -0.2) is 77.1 Å². The molecule has 0 spiro atoms. The van der Waals surface area contributed by atoms with Crippen LogP contribution in [0.15, 0.2) is 72.3 Å². The highest BCUT2D eigenvalue weighted by Gasteiger charge is 2.26. The number of nitrogens with one attached hydrogen (secondary N) is 1. The number of aromatic nitrogens is 5. The smallest absolute Gasteiger partial charge is 0.242 e. The summed E-state index contributed by atoms with van der Waals surface area (Å²) in [4.78, 5) is 2.35. The van der Waals surface area contributed by atoms with Gasteiger partial charge in [-0.2, -0.15) is 5.10 Å². The molecule has 1 saturated heterocycles. The van der Waals surface area contributed by atoms with E-state index in [-0.39, 0.29) is 16.6 Å². The van der Waals surface area contributed by atoms with Crippen molar-refractivity contribution in [2.24, 2.45) is 0 Å². The van der Waals surface area contributed by atoms with Gasteiger partial charge in [0.05, 0.1) is 40.8 Å². The summed E-state index contributed by atoms with van der Waals surface area (Å²) < 4.78 is 48.1. The largest absolute Gasteiger partial charge is 0.496 e. The number of hydrogen-bond donors (Lipinski definition) is 1. The van der Waals surface area contributed by atoms with Crippen LogP contribution in [-0.2, 0) is 16.6 Å². The Morgan fingerprint density at radius 2 is 2.07 bits per heavy atom. The van der Waals surface area contributed by atoms with Gasteiger partial charge >= 0.3 is 0 Å². The molecule has 44 heavy (non-hydrogen) atoms. The number of allylic oxidation sites excluding steroid dienone is 4. The van der Waals surface area contributed by atoms with Gasteiger partial charge in [-0.1, -0.05) is 30.9 Å². The van der Waals surface area contributed by atoms with E-state index in [0.717, 1.165) is 63.8 Å². The maximum Gasteiger partial charge on any atom is 0.242 e. The lowest BCUT2D eigenvalue weighted by atomic mass is 9.95. The summed E-state index contributed by atoms with van der Waals surface area (Å²) in [5.74, 6) is 0.467. The number of benzene rings is 2. The second kappa shape index (κ2) is 13.2. The topological polar surface area (TPSA) is 109 Å². The van der Waals surface area contributed by atoms with Gasteiger partial charge in [-0.05, 0) is 73.9 Å². The maximum atomic E-state index is 14.6. The van der Waals surface area contributed by atoms with Crippen molar-refractivity contribution in [3.63, 3.8) is 0 Å². The molecule has 1 N–H and O–H groups in total. The Balaban J connectivity index is 1.38. The fourth-order valence-corrected chi connectivity index (χ4v) is 6.42. The Morgan fingerprint density at radius 1 is 1.25 bits per heavy atom. The van der Waals surface area contributed by atoms with E-state index >= 15 is 0 Å². The zero-order valence-electron chi connectivity index (χ0n) is 25.5. The Kier molecular flexibility index (Phi) is 9.42. The van der Waals surface area contributed by atoms with Gasteiger partial charge in [-0.3, -0.25) is 10.00 Å². The number of halogens is 1. The zero-order valence-corrected chi connectivity index (χ0v) is 26.3. The highest BCUT2D eigenvalue weighted by atomic mass is 32.2. The van der Waals surface area contributed by atoms with Crippen molar-refractivity contribution in [1.82, 2.24) is 34.4 Å². The van der Waals surface area contributed by atoms with Gasteiger partial charge in [0, 0.05) is 44.1 Å². The fraction of sp³-hybridized carbons (Fsp3) is 0.344. The van der Waals surface area contributed by atoms with E-state index in [9.17, 15) is 12.8 Å². The lowest BCUT2D eigenvalue weighted by molar-refractivity contribution is 0.194. The minimum absolute atomic E-state index is 0.110. The number of methoxy groups -OCH3 is 1. The van der Waals surface area contributed by atoms with Crippen molar-refractivity contribution in [3.8, 4) is 11.4 Å². The molecule has 2 aromatic carbocycles. The fourth-order valence-electron chi connectivity index (χ4n) is 5.54. The van der Waals surface area contributed by atoms with Crippen molar-refractivity contribution in [2.75, 3.05) is 34.3 Å². The summed E-state index contributed by atoms with van der Waals surface area (Å²) >= 11 is 0. The van der Waals surface area contributed by atoms with E-state index < -0.39 is 10.0 Å². The molecule has 1 atom stereocenters. The predicted molar refractivity (Wildman–Crippen MR) is 170 cm³/mol. The zero-order chi connectivity index (χ0) is 31.4. The molecule has 4 aromatic rings. The molecule has 0 bridgehead atoms. The van der Waals surface area contributed by atoms with E-state index in [4.69, 9.17) is 4.74 Å². The first-order chi connectivity index (χ1) is 21.2. The molecule has 3 heterocycles. The van der Waals surface area contributed by atoms with Gasteiger partial charge in [-0.15, -0.1) is 5.10 Å². The Labute approximate surface area is 257 Å². The molecule has 1 fully saturated rings. The van der Waals surface area contributed by atoms with Crippen LogP contribution in [0.25, 0.3) is 22.2 Å². The Morgan fingerprint density at radius 3 is 2.80 bits per heavy atom. The predicted octanol–water partition coefficient (Wildman–Crippen LogP) is 5.43. The van der Waals surface area contributed by atoms with Gasteiger partial charge in [0.15, 0.2) is 0 Å². The third-order valence-electron chi connectivity index (χ3n) is 8.04. The van der Waals surface area contributed by atoms with Crippen molar-refractivity contribution in [3.05, 3.63) is 95.1 Å². The average molecular weight is 620 g/mol. The molecule has 1 aliphatic rings. The maximum absolute atomic E-state index is 14.6. The molecular formula is C32H38FN7O3S. The number of rotatable bonds is 11. The first-order valence-electron chi connectivity index (χ1n) is 14.6. The molecule has 2 aromatic heterocycles. The summed E-state index contributed by atoms with van der Waals surface area (Å²) in [6, 6.07) is 10.8. The molecule has 1 aliphatic heterocycles. The standard InChI is InChI=1S/C32H38FN7O3S/c1-6-22(13-15-25(7-2)44(41,42)38(3)4)32-26-18-24(14-16-29(26)34-36-32)40-21-30(35-37-40)23-10-9-17-39(19-23)20-27-28(33)11-8-12-31(27)43-5/h7-8,11-16,18,21,23H,2,6,9-10,17,19-20H2,1,3-5H3,(H,34,36)/b22-13+,25-15+/t23-/m1/s1. The van der Waals surface area contributed by atoms with E-state index in [1.54, 1.807) is 36.1 Å². The van der Waals surface area contributed by atoms with E-state index in [1.165, 1.54) is 26.2 Å². The van der Waals surface area contributed by atoms with Crippen LogP contribution in [0.4, 0.5) is 4.39 Å². The van der Waals surface area contributed by atoms with Crippen LogP contribution >= 0.6 is 0 Å². The normalized spacial score (nSPS) is 17.0. The van der Waals surface area contributed by atoms with Gasteiger partial charge in [0.25, 0.3) is 0 Å². The van der Waals surface area contributed by atoms with Gasteiger partial charge in [-0.25, -0.2) is 21.8 Å². The molecule has 0 unspecified atom stereocenters. The Bertz CT molecular complexity index is 1820. The number of sulfonamides is 1. The number of H-pyrrole nitrogens is 1. The molecule has 10 nitrogen and oxygen atoms in total. The first kappa shape index (κ1) is 31.3. The lowest BCUT2D eigenvalue weighted by Crippen LogP contribution is -2.34. The molecule has 5 rings (SSSR count). The quantitative estimate of drug-likeness (QED) is 0.223. The number of aromatic amines is 1. The first-order valence-corrected chi connectivity index (χ1v) is 16.0. The van der Waals surface area contributed by atoms with Crippen molar-refractivity contribution in [1.29, 1.82) is 0 Å². The van der Waals surface area contributed by atoms with Gasteiger partial charge in [0.2, 0.25) is 10.0 Å².